The summed E-state index contributed by atoms with van der Waals surface area (Å²) in [6.07, 6.45) is 0. The number of benzene rings is 4. The third-order valence-electron chi connectivity index (χ3n) is 8.27. The molecule has 0 aliphatic carbocycles. The van der Waals surface area contributed by atoms with E-state index in [4.69, 9.17) is 0 Å². The third kappa shape index (κ3) is 5.18. The second-order valence-corrected chi connectivity index (χ2v) is 14.3. The van der Waals surface area contributed by atoms with Crippen molar-refractivity contribution in [2.45, 2.75) is 22.7 Å². The van der Waals surface area contributed by atoms with Crippen LogP contribution < -0.4 is 20.0 Å². The lowest BCUT2D eigenvalue weighted by atomic mass is 9.83. The van der Waals surface area contributed by atoms with Crippen LogP contribution in [0.1, 0.15) is 16.4 Å². The van der Waals surface area contributed by atoms with E-state index in [1.807, 2.05) is 85.7 Å². The Morgan fingerprint density at radius 2 is 1.60 bits per heavy atom. The van der Waals surface area contributed by atoms with Crippen LogP contribution in [0.15, 0.2) is 105 Å². The number of carbonyl (C=O) groups excluding carboxylic acids is 3. The highest BCUT2D eigenvalue weighted by atomic mass is 79.9. The number of thioether (sulfide) groups is 1. The molecule has 2 aliphatic heterocycles. The maximum atomic E-state index is 14.1. The predicted molar refractivity (Wildman–Crippen MR) is 184 cm³/mol. The summed E-state index contributed by atoms with van der Waals surface area (Å²) in [7, 11) is 3.90. The minimum atomic E-state index is -0.756. The molecule has 5 aromatic rings. The van der Waals surface area contributed by atoms with Gasteiger partial charge in [0.05, 0.1) is 16.6 Å². The topological polar surface area (TPSA) is 91.7 Å². The zero-order valence-corrected chi connectivity index (χ0v) is 27.5. The molecule has 0 radical (unpaired) electrons. The molecule has 7 rings (SSSR count). The maximum absolute atomic E-state index is 14.1. The van der Waals surface area contributed by atoms with Crippen LogP contribution in [0, 0.1) is 5.92 Å². The van der Waals surface area contributed by atoms with Crippen LogP contribution in [-0.2, 0) is 20.9 Å². The van der Waals surface area contributed by atoms with Gasteiger partial charge in [-0.15, -0.1) is 0 Å². The van der Waals surface area contributed by atoms with Crippen LogP contribution in [0.2, 0.25) is 0 Å². The summed E-state index contributed by atoms with van der Waals surface area (Å²) >= 11 is 5.67. The second-order valence-electron chi connectivity index (χ2n) is 11.2. The zero-order valence-electron chi connectivity index (χ0n) is 24.3. The highest BCUT2D eigenvalue weighted by Crippen LogP contribution is 2.54. The molecule has 2 unspecified atom stereocenters. The monoisotopic (exact) mass is 698 g/mol. The average molecular weight is 700 g/mol. The number of carbonyl (C=O) groups is 3. The smallest absolute Gasteiger partial charge is 0.308 e. The number of amides is 3. The molecule has 3 amide bonds. The fraction of sp³-hybridized carbons (Fsp3) is 0.176. The fourth-order valence-electron chi connectivity index (χ4n) is 6.11. The van der Waals surface area contributed by atoms with E-state index in [9.17, 15) is 19.2 Å². The van der Waals surface area contributed by atoms with Gasteiger partial charge in [-0.2, -0.15) is 0 Å². The molecule has 3 atom stereocenters. The summed E-state index contributed by atoms with van der Waals surface area (Å²) in [4.78, 5) is 58.7. The number of imide groups is 1. The maximum Gasteiger partial charge on any atom is 0.308 e. The highest BCUT2D eigenvalue weighted by molar-refractivity contribution is 9.10. The number of anilines is 3. The molecule has 3 heterocycles. The van der Waals surface area contributed by atoms with Gasteiger partial charge in [0, 0.05) is 46.1 Å². The van der Waals surface area contributed by atoms with E-state index in [0.717, 1.165) is 37.8 Å². The fourth-order valence-corrected chi connectivity index (χ4v) is 9.14. The molecule has 4 aromatic carbocycles. The molecule has 1 fully saturated rings. The minimum Gasteiger partial charge on any atom is -0.378 e. The number of nitrogens with zero attached hydrogens (tertiary/aromatic N) is 3. The number of hydrogen-bond donors (Lipinski definition) is 1. The first kappa shape index (κ1) is 29.5. The van der Waals surface area contributed by atoms with Crippen LogP contribution in [0.4, 0.5) is 17.1 Å². The molecule has 1 saturated heterocycles. The first-order valence-corrected chi connectivity index (χ1v) is 16.8. The number of aromatic nitrogens is 1. The summed E-state index contributed by atoms with van der Waals surface area (Å²) in [5, 5.41) is 4.66. The minimum absolute atomic E-state index is 0.219. The Balaban J connectivity index is 1.28. The zero-order chi connectivity index (χ0) is 31.4. The lowest BCUT2D eigenvalue weighted by molar-refractivity contribution is -0.122. The third-order valence-corrected chi connectivity index (χ3v) is 11.4. The number of thiazole rings is 1. The highest BCUT2D eigenvalue weighted by Gasteiger charge is 2.56. The molecule has 0 spiro atoms. The largest absolute Gasteiger partial charge is 0.378 e. The number of fused-ring (bicyclic) bond motifs is 3. The molecule has 2 aliphatic rings. The molecular formula is C34H27BrN4O4S2. The normalized spacial score (nSPS) is 19.0. The number of halogens is 1. The first-order chi connectivity index (χ1) is 21.7. The molecule has 0 saturated carbocycles. The Kier molecular flexibility index (Phi) is 7.63. The average Bonchev–Trinajstić information content (AvgIpc) is 3.48. The molecular weight excluding hydrogens is 672 g/mol. The summed E-state index contributed by atoms with van der Waals surface area (Å²) in [6, 6.07) is 28.4. The molecule has 45 heavy (non-hydrogen) atoms. The van der Waals surface area contributed by atoms with Crippen LogP contribution >= 0.6 is 39.0 Å². The summed E-state index contributed by atoms with van der Waals surface area (Å²) in [5.74, 6) is -2.22. The first-order valence-electron chi connectivity index (χ1n) is 14.3. The van der Waals surface area contributed by atoms with Gasteiger partial charge in [0.25, 0.3) is 0 Å². The van der Waals surface area contributed by atoms with Crippen LogP contribution in [0.3, 0.4) is 0 Å². The lowest BCUT2D eigenvalue weighted by Crippen LogP contribution is -2.33. The molecule has 226 valence electrons. The van der Waals surface area contributed by atoms with E-state index in [1.54, 1.807) is 24.3 Å². The molecule has 0 bridgehead atoms. The number of rotatable bonds is 6. The van der Waals surface area contributed by atoms with Crippen LogP contribution in [0.25, 0.3) is 10.8 Å². The van der Waals surface area contributed by atoms with Gasteiger partial charge in [-0.25, -0.2) is 4.90 Å². The Morgan fingerprint density at radius 1 is 0.889 bits per heavy atom. The van der Waals surface area contributed by atoms with Gasteiger partial charge in [-0.1, -0.05) is 87.6 Å². The SMILES string of the molecule is CN(C)c1ccc([C@H]2c3sc(=O)n(CC(=O)Nc4cccc5ccccc45)c3SC3C(=O)N(c4ccc(Br)cc4)C(=O)C32)cc1. The summed E-state index contributed by atoms with van der Waals surface area (Å²) in [5.41, 5.74) is 2.98. The van der Waals surface area contributed by atoms with Crippen molar-refractivity contribution < 1.29 is 14.4 Å². The van der Waals surface area contributed by atoms with Crippen molar-refractivity contribution in [3.63, 3.8) is 0 Å². The molecule has 1 aromatic heterocycles. The number of nitrogens with one attached hydrogen (secondary N) is 1. The molecule has 11 heteroatoms. The van der Waals surface area contributed by atoms with Crippen molar-refractivity contribution in [1.82, 2.24) is 4.57 Å². The van der Waals surface area contributed by atoms with Crippen LogP contribution in [0.5, 0.6) is 0 Å². The Hall–Kier alpha value is -4.19. The summed E-state index contributed by atoms with van der Waals surface area (Å²) in [6.45, 7) is -0.219. The van der Waals surface area contributed by atoms with Crippen molar-refractivity contribution in [2.24, 2.45) is 5.92 Å². The quantitative estimate of drug-likeness (QED) is 0.209. The van der Waals surface area contributed by atoms with Gasteiger partial charge in [0.1, 0.15) is 11.8 Å². The van der Waals surface area contributed by atoms with E-state index >= 15 is 0 Å². The Morgan fingerprint density at radius 3 is 2.33 bits per heavy atom. The van der Waals surface area contributed by atoms with E-state index < -0.39 is 17.1 Å². The van der Waals surface area contributed by atoms with Gasteiger partial charge >= 0.3 is 4.87 Å². The van der Waals surface area contributed by atoms with Gasteiger partial charge in [-0.05, 0) is 53.4 Å². The predicted octanol–water partition coefficient (Wildman–Crippen LogP) is 6.33. The lowest BCUT2D eigenvalue weighted by Gasteiger charge is -2.31. The van der Waals surface area contributed by atoms with Crippen molar-refractivity contribution >= 4 is 84.6 Å². The van der Waals surface area contributed by atoms with Gasteiger partial charge in [0.2, 0.25) is 17.7 Å². The van der Waals surface area contributed by atoms with Gasteiger partial charge < -0.3 is 10.2 Å². The van der Waals surface area contributed by atoms with Crippen molar-refractivity contribution in [1.29, 1.82) is 0 Å². The van der Waals surface area contributed by atoms with Crippen molar-refractivity contribution in [3.05, 3.63) is 116 Å². The van der Waals surface area contributed by atoms with Crippen molar-refractivity contribution in [3.8, 4) is 0 Å². The molecule has 8 nitrogen and oxygen atoms in total. The Labute approximate surface area is 275 Å². The Bertz CT molecular complexity index is 2030. The van der Waals surface area contributed by atoms with E-state index in [0.29, 0.717) is 21.3 Å². The molecule has 1 N–H and O–H groups in total. The second kappa shape index (κ2) is 11.6. The standard InChI is InChI=1S/C34H27BrN4O4S2/c1-37(2)22-14-10-20(11-15-22)27-28-29(32(42)39(31(28)41)23-16-12-21(35)13-17-23)44-33-30(27)45-34(43)38(33)18-26(40)36-25-9-5-7-19-6-3-4-8-24(19)25/h3-17,27-29H,18H2,1-2H3,(H,36,40)/t27-,28?,29?/m1/s1. The van der Waals surface area contributed by atoms with E-state index in [1.165, 1.54) is 21.2 Å². The van der Waals surface area contributed by atoms with Crippen molar-refractivity contribution in [2.75, 3.05) is 29.2 Å². The van der Waals surface area contributed by atoms with E-state index in [2.05, 4.69) is 21.2 Å². The van der Waals surface area contributed by atoms with E-state index in [-0.39, 0.29) is 29.1 Å². The number of hydrogen-bond acceptors (Lipinski definition) is 7. The summed E-state index contributed by atoms with van der Waals surface area (Å²) < 4.78 is 2.28. The van der Waals surface area contributed by atoms with Gasteiger partial charge in [-0.3, -0.25) is 23.7 Å². The van der Waals surface area contributed by atoms with Crippen LogP contribution in [-0.4, -0.2) is 41.6 Å². The van der Waals surface area contributed by atoms with Gasteiger partial charge in [0.15, 0.2) is 0 Å².